The third-order valence-electron chi connectivity index (χ3n) is 3.34. The maximum atomic E-state index is 9.15. The summed E-state index contributed by atoms with van der Waals surface area (Å²) in [6.07, 6.45) is 4.78. The standard InChI is InChI=1S/C15H29N3O/c1-14(2,3)13(7-8-19)16-9-12-10-17-18(11-12)15(4,5)6/h10-11,13,16,19H,7-9H2,1-6H3. The van der Waals surface area contributed by atoms with Gasteiger partial charge in [-0.3, -0.25) is 4.68 Å². The van der Waals surface area contributed by atoms with Gasteiger partial charge in [0, 0.05) is 31.0 Å². The first-order valence-corrected chi connectivity index (χ1v) is 7.03. The van der Waals surface area contributed by atoms with Crippen molar-refractivity contribution in [3.05, 3.63) is 18.0 Å². The number of nitrogens with one attached hydrogen (secondary N) is 1. The van der Waals surface area contributed by atoms with Gasteiger partial charge >= 0.3 is 0 Å². The third-order valence-corrected chi connectivity index (χ3v) is 3.34. The van der Waals surface area contributed by atoms with E-state index in [1.165, 1.54) is 5.56 Å². The van der Waals surface area contributed by atoms with Crippen LogP contribution in [0.2, 0.25) is 0 Å². The van der Waals surface area contributed by atoms with E-state index >= 15 is 0 Å². The predicted molar refractivity (Wildman–Crippen MR) is 79.0 cm³/mol. The first-order chi connectivity index (χ1) is 8.64. The van der Waals surface area contributed by atoms with Crippen LogP contribution in [0.5, 0.6) is 0 Å². The average molecular weight is 267 g/mol. The van der Waals surface area contributed by atoms with Crippen molar-refractivity contribution in [1.29, 1.82) is 0 Å². The van der Waals surface area contributed by atoms with Crippen molar-refractivity contribution in [2.24, 2.45) is 5.41 Å². The van der Waals surface area contributed by atoms with E-state index in [-0.39, 0.29) is 17.6 Å². The molecule has 4 heteroatoms. The van der Waals surface area contributed by atoms with Crippen LogP contribution in [0.3, 0.4) is 0 Å². The molecule has 0 aliphatic carbocycles. The molecule has 2 N–H and O–H groups in total. The molecule has 1 rings (SSSR count). The monoisotopic (exact) mass is 267 g/mol. The van der Waals surface area contributed by atoms with E-state index in [0.29, 0.717) is 6.04 Å². The Hall–Kier alpha value is -0.870. The van der Waals surface area contributed by atoms with Crippen LogP contribution in [0.25, 0.3) is 0 Å². The van der Waals surface area contributed by atoms with Crippen LogP contribution in [0, 0.1) is 5.41 Å². The second kappa shape index (κ2) is 6.06. The molecule has 1 aromatic rings. The number of nitrogens with zero attached hydrogens (tertiary/aromatic N) is 2. The molecule has 0 amide bonds. The fourth-order valence-electron chi connectivity index (χ4n) is 2.03. The normalized spacial score (nSPS) is 14.7. The van der Waals surface area contributed by atoms with Crippen molar-refractivity contribution in [1.82, 2.24) is 15.1 Å². The second-order valence-electron chi connectivity index (χ2n) is 7.28. The smallest absolute Gasteiger partial charge is 0.0543 e. The van der Waals surface area contributed by atoms with Crippen LogP contribution in [0.15, 0.2) is 12.4 Å². The lowest BCUT2D eigenvalue weighted by Gasteiger charge is -2.31. The predicted octanol–water partition coefficient (Wildman–Crippen LogP) is 2.52. The molecule has 1 heterocycles. The molecule has 0 aromatic carbocycles. The Morgan fingerprint density at radius 1 is 1.26 bits per heavy atom. The van der Waals surface area contributed by atoms with E-state index in [1.807, 2.05) is 10.9 Å². The summed E-state index contributed by atoms with van der Waals surface area (Å²) < 4.78 is 1.99. The van der Waals surface area contributed by atoms with Gasteiger partial charge in [-0.1, -0.05) is 20.8 Å². The van der Waals surface area contributed by atoms with Gasteiger partial charge in [0.05, 0.1) is 11.7 Å². The molecule has 0 radical (unpaired) electrons. The molecular weight excluding hydrogens is 238 g/mol. The number of aliphatic hydroxyl groups excluding tert-OH is 1. The lowest BCUT2D eigenvalue weighted by atomic mass is 9.85. The van der Waals surface area contributed by atoms with Crippen LogP contribution in [0.1, 0.15) is 53.5 Å². The summed E-state index contributed by atoms with van der Waals surface area (Å²) in [6.45, 7) is 14.0. The summed E-state index contributed by atoms with van der Waals surface area (Å²) in [5.41, 5.74) is 1.34. The summed E-state index contributed by atoms with van der Waals surface area (Å²) in [4.78, 5) is 0. The quantitative estimate of drug-likeness (QED) is 0.862. The molecule has 110 valence electrons. The van der Waals surface area contributed by atoms with Crippen LogP contribution in [-0.4, -0.2) is 27.5 Å². The molecule has 1 aromatic heterocycles. The number of aromatic nitrogens is 2. The Bertz CT molecular complexity index is 385. The highest BCUT2D eigenvalue weighted by Gasteiger charge is 2.23. The topological polar surface area (TPSA) is 50.1 Å². The Balaban J connectivity index is 2.62. The Labute approximate surface area is 117 Å². The summed E-state index contributed by atoms with van der Waals surface area (Å²) in [7, 11) is 0. The maximum absolute atomic E-state index is 9.15. The molecule has 0 saturated carbocycles. The van der Waals surface area contributed by atoms with E-state index in [0.717, 1.165) is 13.0 Å². The highest BCUT2D eigenvalue weighted by molar-refractivity contribution is 5.05. The van der Waals surface area contributed by atoms with Crippen molar-refractivity contribution in [2.75, 3.05) is 6.61 Å². The summed E-state index contributed by atoms with van der Waals surface area (Å²) in [6, 6.07) is 0.301. The van der Waals surface area contributed by atoms with Crippen molar-refractivity contribution >= 4 is 0 Å². The van der Waals surface area contributed by atoms with E-state index in [9.17, 15) is 0 Å². The highest BCUT2D eigenvalue weighted by Crippen LogP contribution is 2.22. The number of hydrogen-bond donors (Lipinski definition) is 2. The van der Waals surface area contributed by atoms with E-state index < -0.39 is 0 Å². The zero-order valence-corrected chi connectivity index (χ0v) is 13.2. The fraction of sp³-hybridized carbons (Fsp3) is 0.800. The Kier molecular flexibility index (Phi) is 5.16. The minimum absolute atomic E-state index is 0.0206. The Morgan fingerprint density at radius 2 is 1.89 bits per heavy atom. The van der Waals surface area contributed by atoms with Crippen LogP contribution >= 0.6 is 0 Å². The summed E-state index contributed by atoms with van der Waals surface area (Å²) in [5.74, 6) is 0. The zero-order chi connectivity index (χ0) is 14.7. The minimum atomic E-state index is 0.0206. The maximum Gasteiger partial charge on any atom is 0.0543 e. The number of hydrogen-bond acceptors (Lipinski definition) is 3. The van der Waals surface area contributed by atoms with Gasteiger partial charge in [-0.15, -0.1) is 0 Å². The number of aliphatic hydroxyl groups is 1. The van der Waals surface area contributed by atoms with Gasteiger partial charge in [0.25, 0.3) is 0 Å². The number of rotatable bonds is 5. The molecule has 0 saturated heterocycles. The lowest BCUT2D eigenvalue weighted by Crippen LogP contribution is -2.40. The third kappa shape index (κ3) is 4.96. The average Bonchev–Trinajstić information content (AvgIpc) is 2.70. The first kappa shape index (κ1) is 16.2. The molecule has 4 nitrogen and oxygen atoms in total. The highest BCUT2D eigenvalue weighted by atomic mass is 16.3. The van der Waals surface area contributed by atoms with Gasteiger partial charge in [0.2, 0.25) is 0 Å². The largest absolute Gasteiger partial charge is 0.396 e. The van der Waals surface area contributed by atoms with Crippen LogP contribution in [-0.2, 0) is 12.1 Å². The van der Waals surface area contributed by atoms with Crippen molar-refractivity contribution in [3.63, 3.8) is 0 Å². The van der Waals surface area contributed by atoms with E-state index in [1.54, 1.807) is 0 Å². The molecule has 0 spiro atoms. The van der Waals surface area contributed by atoms with Crippen molar-refractivity contribution < 1.29 is 5.11 Å². The van der Waals surface area contributed by atoms with Gasteiger partial charge in [-0.25, -0.2) is 0 Å². The fourth-order valence-corrected chi connectivity index (χ4v) is 2.03. The summed E-state index contributed by atoms with van der Waals surface area (Å²) in [5, 5.41) is 17.1. The van der Waals surface area contributed by atoms with Gasteiger partial charge in [-0.2, -0.15) is 5.10 Å². The van der Waals surface area contributed by atoms with Gasteiger partial charge in [-0.05, 0) is 32.6 Å². The molecule has 0 fully saturated rings. The zero-order valence-electron chi connectivity index (χ0n) is 13.2. The second-order valence-corrected chi connectivity index (χ2v) is 7.28. The molecule has 1 unspecified atom stereocenters. The lowest BCUT2D eigenvalue weighted by molar-refractivity contribution is 0.196. The van der Waals surface area contributed by atoms with Crippen LogP contribution < -0.4 is 5.32 Å². The van der Waals surface area contributed by atoms with Gasteiger partial charge < -0.3 is 10.4 Å². The molecule has 19 heavy (non-hydrogen) atoms. The minimum Gasteiger partial charge on any atom is -0.396 e. The molecule has 0 aliphatic rings. The van der Waals surface area contributed by atoms with Crippen molar-refractivity contribution in [2.45, 2.75) is 66.1 Å². The summed E-state index contributed by atoms with van der Waals surface area (Å²) >= 11 is 0. The van der Waals surface area contributed by atoms with Crippen molar-refractivity contribution in [3.8, 4) is 0 Å². The SMILES string of the molecule is CC(C)(C)C(CCO)NCc1cnn(C(C)(C)C)c1. The molecular formula is C15H29N3O. The van der Waals surface area contributed by atoms with E-state index in [4.69, 9.17) is 5.11 Å². The Morgan fingerprint density at radius 3 is 2.32 bits per heavy atom. The van der Waals surface area contributed by atoms with E-state index in [2.05, 4.69) is 58.2 Å². The van der Waals surface area contributed by atoms with Gasteiger partial charge in [0.15, 0.2) is 0 Å². The molecule has 0 bridgehead atoms. The van der Waals surface area contributed by atoms with Crippen LogP contribution in [0.4, 0.5) is 0 Å². The first-order valence-electron chi connectivity index (χ1n) is 7.03. The molecule has 0 aliphatic heterocycles. The van der Waals surface area contributed by atoms with Gasteiger partial charge in [0.1, 0.15) is 0 Å². The molecule has 1 atom stereocenters.